The van der Waals surface area contributed by atoms with Crippen molar-refractivity contribution in [2.75, 3.05) is 6.61 Å². The van der Waals surface area contributed by atoms with E-state index in [-0.39, 0.29) is 45.7 Å². The number of phenolic OH excluding ortho intramolecular Hbond substituents is 1. The number of unbranched alkanes of at least 4 members (excludes halogenated alkanes) is 1. The molecule has 3 aromatic carbocycles. The summed E-state index contributed by atoms with van der Waals surface area (Å²) >= 11 is 0. The Morgan fingerprint density at radius 2 is 1.31 bits per heavy atom. The van der Waals surface area contributed by atoms with E-state index in [4.69, 9.17) is 4.74 Å². The molecule has 0 bridgehead atoms. The topological polar surface area (TPSA) is 176 Å². The molecule has 12 nitrogen and oxygen atoms in total. The van der Waals surface area contributed by atoms with Crippen LogP contribution in [0.4, 0.5) is 17.1 Å². The molecule has 0 saturated carbocycles. The number of hydrogen-bond donors (Lipinski definition) is 1. The van der Waals surface area contributed by atoms with Gasteiger partial charge in [-0.2, -0.15) is 0 Å². The molecule has 0 amide bonds. The van der Waals surface area contributed by atoms with Gasteiger partial charge in [0, 0.05) is 40.5 Å². The zero-order valence-corrected chi connectivity index (χ0v) is 26.2. The Hall–Kier alpha value is -5.13. The molecule has 1 aliphatic carbocycles. The monoisotopic (exact) mass is 617 g/mol. The minimum absolute atomic E-state index is 0.0239. The molecule has 45 heavy (non-hydrogen) atoms. The molecule has 0 aliphatic heterocycles. The fourth-order valence-corrected chi connectivity index (χ4v) is 5.45. The van der Waals surface area contributed by atoms with Crippen molar-refractivity contribution in [1.29, 1.82) is 0 Å². The summed E-state index contributed by atoms with van der Waals surface area (Å²) < 4.78 is 5.39. The van der Waals surface area contributed by atoms with Crippen LogP contribution in [0, 0.1) is 30.3 Å². The highest BCUT2D eigenvalue weighted by atomic mass is 16.6. The number of non-ortho nitro benzene ring substituents is 2. The third-order valence-corrected chi connectivity index (χ3v) is 7.68. The largest absolute Gasteiger partial charge is 0.507 e. The molecule has 0 spiro atoms. The van der Waals surface area contributed by atoms with Gasteiger partial charge in [0.1, 0.15) is 5.75 Å². The van der Waals surface area contributed by atoms with Crippen LogP contribution in [0.15, 0.2) is 36.4 Å². The molecule has 3 aromatic rings. The number of aromatic hydroxyl groups is 1. The second-order valence-corrected chi connectivity index (χ2v) is 13.1. The number of phenols is 1. The van der Waals surface area contributed by atoms with Crippen LogP contribution >= 0.6 is 0 Å². The van der Waals surface area contributed by atoms with Crippen LogP contribution in [0.3, 0.4) is 0 Å². The smallest absolute Gasteiger partial charge is 0.339 e. The molecule has 0 radical (unpaired) electrons. The third kappa shape index (κ3) is 6.26. The van der Waals surface area contributed by atoms with Crippen LogP contribution in [0.1, 0.15) is 99.5 Å². The Kier molecular flexibility index (Phi) is 8.56. The second kappa shape index (κ2) is 11.8. The van der Waals surface area contributed by atoms with Crippen LogP contribution < -0.4 is 0 Å². The summed E-state index contributed by atoms with van der Waals surface area (Å²) in [4.78, 5) is 47.4. The van der Waals surface area contributed by atoms with Crippen molar-refractivity contribution in [2.24, 2.45) is 0 Å². The van der Waals surface area contributed by atoms with Crippen LogP contribution in [0.25, 0.3) is 22.8 Å². The van der Waals surface area contributed by atoms with Gasteiger partial charge in [0.25, 0.3) is 17.1 Å². The fourth-order valence-electron chi connectivity index (χ4n) is 5.45. The average Bonchev–Trinajstić information content (AvgIpc) is 3.24. The van der Waals surface area contributed by atoms with Crippen LogP contribution in [-0.2, 0) is 15.6 Å². The van der Waals surface area contributed by atoms with E-state index in [2.05, 4.69) is 0 Å². The Balaban J connectivity index is 2.18. The van der Waals surface area contributed by atoms with E-state index >= 15 is 0 Å². The van der Waals surface area contributed by atoms with E-state index in [1.165, 1.54) is 12.1 Å². The first-order chi connectivity index (χ1) is 20.9. The number of carbonyl (C=O) groups is 1. The molecule has 12 heteroatoms. The van der Waals surface area contributed by atoms with Gasteiger partial charge in [-0.3, -0.25) is 30.3 Å². The minimum atomic E-state index is -0.905. The van der Waals surface area contributed by atoms with Crippen LogP contribution in [0.5, 0.6) is 5.75 Å². The first-order valence-electron chi connectivity index (χ1n) is 14.4. The van der Waals surface area contributed by atoms with Crippen molar-refractivity contribution in [3.8, 4) is 16.9 Å². The van der Waals surface area contributed by atoms with Gasteiger partial charge in [0.15, 0.2) is 0 Å². The number of nitro groups is 3. The molecule has 0 atom stereocenters. The van der Waals surface area contributed by atoms with E-state index in [9.17, 15) is 40.2 Å². The Bertz CT molecular complexity index is 1760. The van der Waals surface area contributed by atoms with Crippen molar-refractivity contribution >= 4 is 34.7 Å². The van der Waals surface area contributed by atoms with Crippen molar-refractivity contribution in [1.82, 2.24) is 0 Å². The highest BCUT2D eigenvalue weighted by Gasteiger charge is 2.39. The third-order valence-electron chi connectivity index (χ3n) is 7.68. The lowest BCUT2D eigenvalue weighted by atomic mass is 9.78. The normalized spacial score (nSPS) is 13.4. The van der Waals surface area contributed by atoms with Gasteiger partial charge < -0.3 is 9.84 Å². The fraction of sp³-hybridized carbons (Fsp3) is 0.364. The maximum atomic E-state index is 13.4. The second-order valence-electron chi connectivity index (χ2n) is 13.1. The van der Waals surface area contributed by atoms with Crippen molar-refractivity contribution in [3.05, 3.63) is 100 Å². The van der Waals surface area contributed by atoms with Gasteiger partial charge in [-0.15, -0.1) is 0 Å². The van der Waals surface area contributed by atoms with E-state index < -0.39 is 48.6 Å². The summed E-state index contributed by atoms with van der Waals surface area (Å²) in [6.45, 7) is 13.5. The number of esters is 1. The Labute approximate surface area is 259 Å². The number of carbonyl (C=O) groups excluding carboxylic acids is 1. The molecular formula is C33H35N3O9. The minimum Gasteiger partial charge on any atom is -0.507 e. The lowest BCUT2D eigenvalue weighted by Gasteiger charge is -2.28. The van der Waals surface area contributed by atoms with E-state index in [1.807, 2.05) is 48.5 Å². The SMILES string of the molecule is CCCCOC(=O)c1cc([N+](=O)[O-])cc2c1-c1c(cc([N+](=O)[O-])cc1[N+](=O)[O-])C2=Cc1cc(C(C)(C)C)c(O)c(C(C)(C)C)c1. The number of benzene rings is 3. The van der Waals surface area contributed by atoms with Gasteiger partial charge in [-0.05, 0) is 52.2 Å². The van der Waals surface area contributed by atoms with Gasteiger partial charge in [0.2, 0.25) is 0 Å². The van der Waals surface area contributed by atoms with E-state index in [0.29, 0.717) is 29.5 Å². The maximum Gasteiger partial charge on any atom is 0.339 e. The maximum absolute atomic E-state index is 13.4. The zero-order chi connectivity index (χ0) is 33.6. The number of fused-ring (bicyclic) bond motifs is 3. The molecular weight excluding hydrogens is 582 g/mol. The first-order valence-corrected chi connectivity index (χ1v) is 14.4. The first kappa shape index (κ1) is 32.8. The molecule has 0 fully saturated rings. The highest BCUT2D eigenvalue weighted by molar-refractivity contribution is 6.15. The Morgan fingerprint density at radius 1 is 0.800 bits per heavy atom. The summed E-state index contributed by atoms with van der Waals surface area (Å²) in [6, 6.07) is 7.70. The summed E-state index contributed by atoms with van der Waals surface area (Å²) in [5.74, 6) is -0.790. The Morgan fingerprint density at radius 3 is 1.78 bits per heavy atom. The van der Waals surface area contributed by atoms with Crippen LogP contribution in [-0.4, -0.2) is 32.5 Å². The standard InChI is InChI=1S/C33H35N3O9/c1-8-9-10-45-31(38)24-16-19(34(39)40)14-22-21(23-15-20(35(41)42)17-27(36(43)44)29(23)28(22)24)11-18-12-25(32(2,3)4)30(37)26(13-18)33(5,6)7/h11-17,37H,8-10H2,1-7H3. The lowest BCUT2D eigenvalue weighted by Crippen LogP contribution is -2.17. The number of hydrogen-bond acceptors (Lipinski definition) is 9. The highest BCUT2D eigenvalue weighted by Crippen LogP contribution is 2.53. The number of ether oxygens (including phenoxy) is 1. The predicted octanol–water partition coefficient (Wildman–Crippen LogP) is 8.24. The summed E-state index contributed by atoms with van der Waals surface area (Å²) in [7, 11) is 0. The van der Waals surface area contributed by atoms with E-state index in [0.717, 1.165) is 12.1 Å². The number of nitrogens with zero attached hydrogens (tertiary/aromatic N) is 3. The molecule has 1 N–H and O–H groups in total. The van der Waals surface area contributed by atoms with Crippen molar-refractivity contribution in [2.45, 2.75) is 72.1 Å². The van der Waals surface area contributed by atoms with E-state index in [1.54, 1.807) is 18.2 Å². The number of rotatable bonds is 8. The van der Waals surface area contributed by atoms with Crippen molar-refractivity contribution in [3.63, 3.8) is 0 Å². The summed E-state index contributed by atoms with van der Waals surface area (Å²) in [5, 5.41) is 47.5. The van der Waals surface area contributed by atoms with Crippen LogP contribution in [0.2, 0.25) is 0 Å². The molecule has 0 unspecified atom stereocenters. The van der Waals surface area contributed by atoms with Crippen molar-refractivity contribution < 1.29 is 29.4 Å². The molecule has 0 heterocycles. The van der Waals surface area contributed by atoms with Gasteiger partial charge in [-0.25, -0.2) is 4.79 Å². The van der Waals surface area contributed by atoms with Gasteiger partial charge >= 0.3 is 5.97 Å². The average molecular weight is 618 g/mol. The number of nitro benzene ring substituents is 3. The molecule has 0 aromatic heterocycles. The molecule has 0 saturated heterocycles. The van der Waals surface area contributed by atoms with Gasteiger partial charge in [-0.1, -0.05) is 54.9 Å². The zero-order valence-electron chi connectivity index (χ0n) is 26.2. The molecule has 1 aliphatic rings. The molecule has 4 rings (SSSR count). The predicted molar refractivity (Wildman–Crippen MR) is 170 cm³/mol. The summed E-state index contributed by atoms with van der Waals surface area (Å²) in [6.07, 6.45) is 2.87. The molecule has 236 valence electrons. The van der Waals surface area contributed by atoms with Gasteiger partial charge in [0.05, 0.1) is 38.6 Å². The lowest BCUT2D eigenvalue weighted by molar-refractivity contribution is -0.393. The summed E-state index contributed by atoms with van der Waals surface area (Å²) in [5.41, 5.74) is -0.783. The quantitative estimate of drug-likeness (QED) is 0.0882.